The molecule has 1 saturated heterocycles. The molecule has 2 aliphatic rings. The fourth-order valence-corrected chi connectivity index (χ4v) is 10.4. The summed E-state index contributed by atoms with van der Waals surface area (Å²) in [6, 6.07) is 38.7. The van der Waals surface area contributed by atoms with Crippen molar-refractivity contribution in [2.45, 2.75) is 43.2 Å². The van der Waals surface area contributed by atoms with E-state index in [4.69, 9.17) is 11.6 Å². The third kappa shape index (κ3) is 10.1. The fraction of sp³-hybridized carbons (Fsp3) is 0.271. The maximum absolute atomic E-state index is 14.1. The Morgan fingerprint density at radius 1 is 0.889 bits per heavy atom. The molecule has 1 amide bonds. The van der Waals surface area contributed by atoms with Crippen molar-refractivity contribution < 1.29 is 19.7 Å². The predicted molar refractivity (Wildman–Crippen MR) is 259 cm³/mol. The third-order valence-corrected chi connectivity index (χ3v) is 14.3. The molecule has 5 N–H and O–H groups in total. The minimum Gasteiger partial charge on any atom is -0.390 e. The summed E-state index contributed by atoms with van der Waals surface area (Å²) in [4.78, 5) is 42.6. The van der Waals surface area contributed by atoms with Gasteiger partial charge in [0.15, 0.2) is 8.30 Å². The summed E-state index contributed by atoms with van der Waals surface area (Å²) in [6.45, 7) is 7.48. The van der Waals surface area contributed by atoms with Crippen molar-refractivity contribution in [3.8, 4) is 22.4 Å². The van der Waals surface area contributed by atoms with Crippen LogP contribution in [-0.2, 0) is 7.05 Å². The van der Waals surface area contributed by atoms with Crippen LogP contribution in [0.15, 0.2) is 126 Å². The molecule has 15 heteroatoms. The standard InChI is InChI=1S/C48H51ClN7O5PS/c1-32-44(47(57)51-37-30-48(2,58)31-37)45(46(53(32)3)33-12-14-35(49)15-13-33)34-8-7-9-39(28-34)55-25-23-54(24-26-55)38-18-16-36(17-19-38)52-62(61)40-20-21-42(43(29-40)56(59)60)50-22-27-63-41-10-5-4-6-11-41/h4-21,28-29,37,50,52,58,61H,22-27,30-31H2,1-3H3,(H,51,57). The number of nitro groups is 1. The number of carbonyl (C=O) groups is 1. The Balaban J connectivity index is 0.915. The van der Waals surface area contributed by atoms with Gasteiger partial charge >= 0.3 is 0 Å². The van der Waals surface area contributed by atoms with Gasteiger partial charge in [-0.05, 0) is 111 Å². The van der Waals surface area contributed by atoms with Crippen molar-refractivity contribution in [1.29, 1.82) is 0 Å². The number of benzene rings is 5. The summed E-state index contributed by atoms with van der Waals surface area (Å²) in [7, 11) is 0.0871. The van der Waals surface area contributed by atoms with Crippen molar-refractivity contribution in [2.75, 3.05) is 58.7 Å². The van der Waals surface area contributed by atoms with E-state index in [0.29, 0.717) is 46.7 Å². The van der Waals surface area contributed by atoms with Gasteiger partial charge in [0.05, 0.1) is 21.8 Å². The molecule has 1 saturated carbocycles. The number of rotatable bonds is 15. The molecule has 1 aliphatic carbocycles. The summed E-state index contributed by atoms with van der Waals surface area (Å²) in [5.41, 5.74) is 7.59. The highest BCUT2D eigenvalue weighted by Gasteiger charge is 2.40. The smallest absolute Gasteiger partial charge is 0.293 e. The van der Waals surface area contributed by atoms with Crippen LogP contribution in [0.4, 0.5) is 28.4 Å². The zero-order valence-corrected chi connectivity index (χ0v) is 37.9. The van der Waals surface area contributed by atoms with Crippen molar-refractivity contribution in [2.24, 2.45) is 7.05 Å². The first-order valence-corrected chi connectivity index (χ1v) is 23.6. The number of amides is 1. The zero-order chi connectivity index (χ0) is 44.3. The monoisotopic (exact) mass is 903 g/mol. The van der Waals surface area contributed by atoms with E-state index in [1.807, 2.05) is 92.8 Å². The van der Waals surface area contributed by atoms with Gasteiger partial charge in [0.2, 0.25) is 0 Å². The molecule has 0 bridgehead atoms. The molecular formula is C48H51ClN7O5PS. The number of piperazine rings is 1. The molecule has 63 heavy (non-hydrogen) atoms. The predicted octanol–water partition coefficient (Wildman–Crippen LogP) is 9.44. The fourth-order valence-electron chi connectivity index (χ4n) is 8.51. The first-order valence-electron chi connectivity index (χ1n) is 21.0. The van der Waals surface area contributed by atoms with Gasteiger partial charge in [0, 0.05) is 101 Å². The van der Waals surface area contributed by atoms with Gasteiger partial charge in [-0.15, -0.1) is 11.8 Å². The molecule has 12 nitrogen and oxygen atoms in total. The van der Waals surface area contributed by atoms with Crippen LogP contribution in [0.5, 0.6) is 0 Å². The molecule has 8 rings (SSSR count). The number of halogens is 1. The first kappa shape index (κ1) is 44.1. The zero-order valence-electron chi connectivity index (χ0n) is 35.4. The van der Waals surface area contributed by atoms with E-state index in [1.165, 1.54) is 6.07 Å². The summed E-state index contributed by atoms with van der Waals surface area (Å²) < 4.78 is 2.08. The van der Waals surface area contributed by atoms with Crippen molar-refractivity contribution in [1.82, 2.24) is 9.88 Å². The topological polar surface area (TPSA) is 148 Å². The van der Waals surface area contributed by atoms with Crippen molar-refractivity contribution in [3.05, 3.63) is 148 Å². The number of hydrogen-bond donors (Lipinski definition) is 5. The van der Waals surface area contributed by atoms with Gasteiger partial charge in [-0.25, -0.2) is 0 Å². The number of anilines is 4. The van der Waals surface area contributed by atoms with Crippen LogP contribution in [-0.4, -0.2) is 75.5 Å². The van der Waals surface area contributed by atoms with Gasteiger partial charge in [-0.3, -0.25) is 14.9 Å². The molecule has 1 aliphatic heterocycles. The van der Waals surface area contributed by atoms with E-state index in [1.54, 1.807) is 30.8 Å². The van der Waals surface area contributed by atoms with E-state index < -0.39 is 18.8 Å². The lowest BCUT2D eigenvalue weighted by atomic mass is 9.77. The Morgan fingerprint density at radius 2 is 1.57 bits per heavy atom. The SMILES string of the molecule is Cc1c(C(=O)NC2CC(C)(O)C2)c(-c2cccc(N3CCN(c4ccc(NP(O)c5ccc(NCCSc6ccccc6)c([N+](=O)[O-])c5)cc4)CC3)c2)c(-c2ccc(Cl)cc2)n1C. The number of nitro benzene ring substituents is 1. The van der Waals surface area contributed by atoms with E-state index in [0.717, 1.165) is 76.3 Å². The Hall–Kier alpha value is -5.56. The highest BCUT2D eigenvalue weighted by atomic mass is 35.5. The third-order valence-electron chi connectivity index (χ3n) is 11.8. The summed E-state index contributed by atoms with van der Waals surface area (Å²) in [5.74, 6) is 0.598. The lowest BCUT2D eigenvalue weighted by molar-refractivity contribution is -0.383. The normalized spacial score (nSPS) is 17.8. The van der Waals surface area contributed by atoms with E-state index >= 15 is 0 Å². The maximum atomic E-state index is 14.1. The molecule has 1 aromatic heterocycles. The second-order valence-electron chi connectivity index (χ2n) is 16.4. The summed E-state index contributed by atoms with van der Waals surface area (Å²) in [5, 5.41) is 32.9. The molecule has 0 radical (unpaired) electrons. The minimum absolute atomic E-state index is 0.0762. The number of aliphatic hydroxyl groups is 1. The van der Waals surface area contributed by atoms with Crippen LogP contribution < -0.4 is 30.8 Å². The Bertz CT molecular complexity index is 2580. The van der Waals surface area contributed by atoms with E-state index in [9.17, 15) is 24.9 Å². The summed E-state index contributed by atoms with van der Waals surface area (Å²) in [6.07, 6.45) is 1.04. The quantitative estimate of drug-likeness (QED) is 0.0222. The van der Waals surface area contributed by atoms with Crippen LogP contribution in [0.3, 0.4) is 0 Å². The largest absolute Gasteiger partial charge is 0.390 e. The average Bonchev–Trinajstić information content (AvgIpc) is 3.54. The molecule has 1 atom stereocenters. The number of aromatic nitrogens is 1. The molecule has 0 spiro atoms. The van der Waals surface area contributed by atoms with Gasteiger partial charge < -0.3 is 40.1 Å². The Morgan fingerprint density at radius 3 is 2.24 bits per heavy atom. The lowest BCUT2D eigenvalue weighted by Gasteiger charge is -2.41. The van der Waals surface area contributed by atoms with Gasteiger partial charge in [-0.1, -0.05) is 54.1 Å². The molecule has 6 aromatic rings. The number of thioether (sulfide) groups is 1. The number of carbonyl (C=O) groups excluding carboxylic acids is 1. The maximum Gasteiger partial charge on any atom is 0.293 e. The van der Waals surface area contributed by atoms with E-state index in [2.05, 4.69) is 54.4 Å². The minimum atomic E-state index is -1.90. The van der Waals surface area contributed by atoms with Gasteiger partial charge in [0.1, 0.15) is 5.69 Å². The number of nitrogens with one attached hydrogen (secondary N) is 3. The van der Waals surface area contributed by atoms with Gasteiger partial charge in [-0.2, -0.15) is 0 Å². The number of hydrogen-bond acceptors (Lipinski definition) is 10. The number of nitrogens with zero attached hydrogens (tertiary/aromatic N) is 4. The van der Waals surface area contributed by atoms with Crippen LogP contribution in [0.2, 0.25) is 5.02 Å². The second-order valence-corrected chi connectivity index (χ2v) is 19.3. The molecule has 5 aromatic carbocycles. The molecular weight excluding hydrogens is 853 g/mol. The molecule has 2 fully saturated rings. The second kappa shape index (κ2) is 19.0. The summed E-state index contributed by atoms with van der Waals surface area (Å²) >= 11 is 7.97. The van der Waals surface area contributed by atoms with Crippen LogP contribution in [0.25, 0.3) is 22.4 Å². The van der Waals surface area contributed by atoms with Crippen LogP contribution in [0.1, 0.15) is 35.8 Å². The Labute approximate surface area is 378 Å². The average molecular weight is 904 g/mol. The van der Waals surface area contributed by atoms with Gasteiger partial charge in [0.25, 0.3) is 11.6 Å². The lowest BCUT2D eigenvalue weighted by Crippen LogP contribution is -2.53. The molecule has 1 unspecified atom stereocenters. The van der Waals surface area contributed by atoms with Crippen molar-refractivity contribution >= 4 is 71.3 Å². The Kier molecular flexibility index (Phi) is 13.3. The highest BCUT2D eigenvalue weighted by molar-refractivity contribution is 7.99. The first-order chi connectivity index (χ1) is 30.3. The molecule has 2 heterocycles. The molecule has 326 valence electrons. The van der Waals surface area contributed by atoms with E-state index in [-0.39, 0.29) is 17.6 Å². The van der Waals surface area contributed by atoms with Crippen LogP contribution in [0, 0.1) is 17.0 Å². The van der Waals surface area contributed by atoms with Crippen LogP contribution >= 0.6 is 31.7 Å². The highest BCUT2D eigenvalue weighted by Crippen LogP contribution is 2.41. The van der Waals surface area contributed by atoms with Crippen molar-refractivity contribution in [3.63, 3.8) is 0 Å².